The number of carbonyl (C=O) groups is 2. The van der Waals surface area contributed by atoms with Crippen molar-refractivity contribution in [3.63, 3.8) is 0 Å². The Balaban J connectivity index is 1.69. The van der Waals surface area contributed by atoms with Gasteiger partial charge in [0.1, 0.15) is 5.75 Å². The van der Waals surface area contributed by atoms with Crippen LogP contribution in [0.4, 0.5) is 5.69 Å². The monoisotopic (exact) mass is 428 g/mol. The van der Waals surface area contributed by atoms with Gasteiger partial charge in [-0.3, -0.25) is 9.59 Å². The van der Waals surface area contributed by atoms with E-state index in [1.54, 1.807) is 48.1 Å². The third-order valence-corrected chi connectivity index (χ3v) is 4.87. The predicted octanol–water partition coefficient (Wildman–Crippen LogP) is 4.46. The maximum absolute atomic E-state index is 12.1. The van der Waals surface area contributed by atoms with E-state index in [1.165, 1.54) is 0 Å². The van der Waals surface area contributed by atoms with Crippen LogP contribution in [0.2, 0.25) is 5.02 Å². The maximum atomic E-state index is 12.1. The number of nitrogens with one attached hydrogen (secondary N) is 1. The van der Waals surface area contributed by atoms with E-state index in [1.807, 2.05) is 13.0 Å². The van der Waals surface area contributed by atoms with E-state index in [0.717, 1.165) is 5.52 Å². The van der Waals surface area contributed by atoms with Crippen LogP contribution < -0.4 is 10.1 Å². The number of aromatic nitrogens is 1. The molecule has 2 N–H and O–H groups in total. The zero-order valence-electron chi connectivity index (χ0n) is 16.6. The molecule has 2 aromatic carbocycles. The molecule has 0 radical (unpaired) electrons. The lowest BCUT2D eigenvalue weighted by molar-refractivity contribution is -0.118. The summed E-state index contributed by atoms with van der Waals surface area (Å²) in [5, 5.41) is 21.7. The minimum Gasteiger partial charge on any atom is -0.497 e. The van der Waals surface area contributed by atoms with E-state index >= 15 is 0 Å². The number of carbonyl (C=O) groups excluding carboxylic acids is 2. The summed E-state index contributed by atoms with van der Waals surface area (Å²) >= 11 is 5.98. The van der Waals surface area contributed by atoms with Crippen molar-refractivity contribution >= 4 is 40.0 Å². The molecular weight excluding hydrogens is 408 g/mol. The summed E-state index contributed by atoms with van der Waals surface area (Å²) in [6.07, 6.45) is -0.0454. The van der Waals surface area contributed by atoms with E-state index < -0.39 is 5.91 Å². The summed E-state index contributed by atoms with van der Waals surface area (Å²) in [7, 11) is 1.54. The molecule has 0 saturated carbocycles. The second-order valence-electron chi connectivity index (χ2n) is 6.38. The van der Waals surface area contributed by atoms with Crippen LogP contribution in [0.5, 0.6) is 11.6 Å². The van der Waals surface area contributed by atoms with Crippen LogP contribution in [-0.2, 0) is 11.3 Å². The van der Waals surface area contributed by atoms with E-state index in [9.17, 15) is 14.7 Å². The molecule has 1 heterocycles. The van der Waals surface area contributed by atoms with Gasteiger partial charge < -0.3 is 19.7 Å². The van der Waals surface area contributed by atoms with Gasteiger partial charge in [-0.05, 0) is 37.3 Å². The SMILES string of the molecule is CCn1c(O)c(N=NC(=O)CCNC(=O)c2ccccc2Cl)c2cc(OC)ccc21. The minimum absolute atomic E-state index is 0.0454. The molecule has 0 aliphatic carbocycles. The van der Waals surface area contributed by atoms with Crippen LogP contribution in [0, 0.1) is 0 Å². The van der Waals surface area contributed by atoms with Crippen LogP contribution in [-0.4, -0.2) is 35.1 Å². The first-order valence-corrected chi connectivity index (χ1v) is 9.70. The van der Waals surface area contributed by atoms with Gasteiger partial charge in [-0.15, -0.1) is 10.2 Å². The van der Waals surface area contributed by atoms with Crippen LogP contribution >= 0.6 is 11.6 Å². The molecule has 0 unspecified atom stereocenters. The first-order chi connectivity index (χ1) is 14.5. The summed E-state index contributed by atoms with van der Waals surface area (Å²) in [6, 6.07) is 12.0. The van der Waals surface area contributed by atoms with Crippen LogP contribution in [0.1, 0.15) is 23.7 Å². The Morgan fingerprint density at radius 3 is 2.70 bits per heavy atom. The Kier molecular flexibility index (Phi) is 6.68. The fraction of sp³-hybridized carbons (Fsp3) is 0.238. The van der Waals surface area contributed by atoms with Crippen LogP contribution in [0.15, 0.2) is 52.7 Å². The molecule has 8 nitrogen and oxygen atoms in total. The summed E-state index contributed by atoms with van der Waals surface area (Å²) in [4.78, 5) is 24.2. The normalized spacial score (nSPS) is 11.2. The maximum Gasteiger partial charge on any atom is 0.266 e. The zero-order chi connectivity index (χ0) is 21.7. The van der Waals surface area contributed by atoms with Crippen molar-refractivity contribution in [2.45, 2.75) is 19.9 Å². The van der Waals surface area contributed by atoms with Gasteiger partial charge in [0.2, 0.25) is 5.88 Å². The standard InChI is InChI=1S/C21H21ClN4O4/c1-3-26-17-9-8-13(30-2)12-15(17)19(21(26)29)25-24-18(27)10-11-23-20(28)14-6-4-5-7-16(14)22/h4-9,12,29H,3,10-11H2,1-2H3,(H,23,28). The lowest BCUT2D eigenvalue weighted by Gasteiger charge is -2.04. The highest BCUT2D eigenvalue weighted by atomic mass is 35.5. The van der Waals surface area contributed by atoms with Gasteiger partial charge in [0.25, 0.3) is 11.8 Å². The Bertz CT molecular complexity index is 1120. The summed E-state index contributed by atoms with van der Waals surface area (Å²) in [5.41, 5.74) is 1.28. The Morgan fingerprint density at radius 1 is 1.23 bits per heavy atom. The molecule has 0 saturated heterocycles. The predicted molar refractivity (Wildman–Crippen MR) is 114 cm³/mol. The van der Waals surface area contributed by atoms with E-state index in [-0.39, 0.29) is 30.4 Å². The van der Waals surface area contributed by atoms with Crippen molar-refractivity contribution in [2.75, 3.05) is 13.7 Å². The lowest BCUT2D eigenvalue weighted by atomic mass is 10.2. The summed E-state index contributed by atoms with van der Waals surface area (Å²) < 4.78 is 6.89. The number of amides is 2. The van der Waals surface area contributed by atoms with Crippen molar-refractivity contribution < 1.29 is 19.4 Å². The average molecular weight is 429 g/mol. The van der Waals surface area contributed by atoms with Crippen molar-refractivity contribution in [1.82, 2.24) is 9.88 Å². The van der Waals surface area contributed by atoms with Crippen molar-refractivity contribution in [2.24, 2.45) is 10.2 Å². The largest absolute Gasteiger partial charge is 0.497 e. The van der Waals surface area contributed by atoms with Crippen LogP contribution in [0.25, 0.3) is 10.9 Å². The summed E-state index contributed by atoms with van der Waals surface area (Å²) in [5.74, 6) is -0.389. The molecule has 0 aliphatic rings. The van der Waals surface area contributed by atoms with Crippen molar-refractivity contribution in [3.05, 3.63) is 53.1 Å². The lowest BCUT2D eigenvalue weighted by Crippen LogP contribution is -2.25. The second-order valence-corrected chi connectivity index (χ2v) is 6.79. The Morgan fingerprint density at radius 2 is 2.00 bits per heavy atom. The number of methoxy groups -OCH3 is 1. The number of halogens is 1. The molecule has 0 fully saturated rings. The Hall–Kier alpha value is -3.39. The van der Waals surface area contributed by atoms with Crippen molar-refractivity contribution in [1.29, 1.82) is 0 Å². The van der Waals surface area contributed by atoms with Gasteiger partial charge >= 0.3 is 0 Å². The number of hydrogen-bond acceptors (Lipinski definition) is 5. The minimum atomic E-state index is -0.533. The molecule has 156 valence electrons. The van der Waals surface area contributed by atoms with Gasteiger partial charge in [0.15, 0.2) is 5.69 Å². The highest BCUT2D eigenvalue weighted by Crippen LogP contribution is 2.40. The van der Waals surface area contributed by atoms with Gasteiger partial charge in [-0.2, -0.15) is 0 Å². The van der Waals surface area contributed by atoms with Gasteiger partial charge in [-0.25, -0.2) is 0 Å². The van der Waals surface area contributed by atoms with Gasteiger partial charge in [-0.1, -0.05) is 23.7 Å². The number of rotatable bonds is 7. The zero-order valence-corrected chi connectivity index (χ0v) is 17.3. The number of fused-ring (bicyclic) bond motifs is 1. The topological polar surface area (TPSA) is 105 Å². The number of aromatic hydroxyl groups is 1. The Labute approximate surface area is 178 Å². The molecule has 1 aromatic heterocycles. The van der Waals surface area contributed by atoms with E-state index in [2.05, 4.69) is 15.5 Å². The molecule has 30 heavy (non-hydrogen) atoms. The quantitative estimate of drug-likeness (QED) is 0.542. The number of aryl methyl sites for hydroxylation is 1. The fourth-order valence-corrected chi connectivity index (χ4v) is 3.25. The molecule has 9 heteroatoms. The number of ether oxygens (including phenoxy) is 1. The molecule has 2 amide bonds. The number of azo groups is 1. The highest BCUT2D eigenvalue weighted by Gasteiger charge is 2.17. The van der Waals surface area contributed by atoms with Gasteiger partial charge in [0, 0.05) is 24.9 Å². The number of hydrogen-bond donors (Lipinski definition) is 2. The van der Waals surface area contributed by atoms with Crippen LogP contribution in [0.3, 0.4) is 0 Å². The third kappa shape index (κ3) is 4.44. The molecule has 0 atom stereocenters. The molecule has 0 aliphatic heterocycles. The number of benzene rings is 2. The highest BCUT2D eigenvalue weighted by molar-refractivity contribution is 6.33. The van der Waals surface area contributed by atoms with Crippen molar-refractivity contribution in [3.8, 4) is 11.6 Å². The summed E-state index contributed by atoms with van der Waals surface area (Å²) in [6.45, 7) is 2.49. The molecule has 0 bridgehead atoms. The second kappa shape index (κ2) is 9.41. The van der Waals surface area contributed by atoms with Gasteiger partial charge in [0.05, 0.1) is 23.2 Å². The first kappa shape index (κ1) is 21.3. The molecule has 3 rings (SSSR count). The van der Waals surface area contributed by atoms with E-state index in [0.29, 0.717) is 28.3 Å². The average Bonchev–Trinajstić information content (AvgIpc) is 3.02. The smallest absolute Gasteiger partial charge is 0.266 e. The first-order valence-electron chi connectivity index (χ1n) is 9.32. The molecule has 3 aromatic rings. The fourth-order valence-electron chi connectivity index (χ4n) is 3.03. The molecule has 0 spiro atoms. The number of nitrogens with zero attached hydrogens (tertiary/aromatic N) is 3. The third-order valence-electron chi connectivity index (χ3n) is 4.54. The van der Waals surface area contributed by atoms with E-state index in [4.69, 9.17) is 16.3 Å². The molecular formula is C21H21ClN4O4.